The van der Waals surface area contributed by atoms with Gasteiger partial charge in [-0.3, -0.25) is 14.5 Å². The molecule has 3 heterocycles. The largest absolute Gasteiger partial charge is 0.496 e. The van der Waals surface area contributed by atoms with Gasteiger partial charge in [-0.1, -0.05) is 41.4 Å². The minimum Gasteiger partial charge on any atom is -0.496 e. The average molecular weight is 689 g/mol. The number of rotatable bonds is 6. The summed E-state index contributed by atoms with van der Waals surface area (Å²) >= 11 is 16.7. The van der Waals surface area contributed by atoms with Gasteiger partial charge in [0, 0.05) is 36.8 Å². The van der Waals surface area contributed by atoms with Gasteiger partial charge in [0.05, 0.1) is 33.8 Å². The van der Waals surface area contributed by atoms with E-state index in [0.717, 1.165) is 15.6 Å². The van der Waals surface area contributed by atoms with Crippen molar-refractivity contribution in [1.82, 2.24) is 9.80 Å². The number of hydrogen-bond acceptors (Lipinski definition) is 8. The first-order chi connectivity index (χ1) is 18.8. The number of amides is 2. The van der Waals surface area contributed by atoms with Gasteiger partial charge in [-0.15, -0.1) is 11.3 Å². The van der Waals surface area contributed by atoms with E-state index < -0.39 is 33.6 Å². The number of carbonyl (C=O) groups excluding carboxylic acids is 2. The van der Waals surface area contributed by atoms with E-state index >= 15 is 0 Å². The Balaban J connectivity index is 1.88. The van der Waals surface area contributed by atoms with Crippen LogP contribution in [0.4, 0.5) is 5.69 Å². The lowest BCUT2D eigenvalue weighted by Crippen LogP contribution is -2.59. The van der Waals surface area contributed by atoms with Crippen LogP contribution >= 0.6 is 50.5 Å². The zero-order valence-electron chi connectivity index (χ0n) is 21.5. The number of likely N-dealkylation sites (N-methyl/N-ethyl adjacent to an activating group) is 1. The highest BCUT2D eigenvalue weighted by atomic mass is 79.9. The normalized spacial score (nSPS) is 23.0. The zero-order chi connectivity index (χ0) is 29.1. The van der Waals surface area contributed by atoms with Crippen molar-refractivity contribution >= 4 is 78.0 Å². The van der Waals surface area contributed by atoms with E-state index in [1.807, 2.05) is 0 Å². The summed E-state index contributed by atoms with van der Waals surface area (Å²) in [5.74, 6) is -0.925. The number of hydrogen-bond donors (Lipinski definition) is 1. The molecule has 1 fully saturated rings. The first kappa shape index (κ1) is 29.3. The number of likely N-dealkylation sites (tertiary alicyclic amines) is 1. The number of ether oxygens (including phenoxy) is 1. The van der Waals surface area contributed by atoms with E-state index in [9.17, 15) is 23.1 Å². The van der Waals surface area contributed by atoms with Crippen molar-refractivity contribution in [1.29, 1.82) is 0 Å². The van der Waals surface area contributed by atoms with Crippen molar-refractivity contribution in [2.45, 2.75) is 28.3 Å². The van der Waals surface area contributed by atoms with E-state index in [0.29, 0.717) is 11.3 Å². The smallest absolute Gasteiger partial charge is 0.281 e. The Bertz CT molecular complexity index is 1630. The number of benzene rings is 2. The van der Waals surface area contributed by atoms with Crippen molar-refractivity contribution < 1.29 is 27.9 Å². The van der Waals surface area contributed by atoms with Crippen LogP contribution in [0.5, 0.6) is 5.75 Å². The van der Waals surface area contributed by atoms with E-state index in [1.165, 1.54) is 36.3 Å². The molecule has 9 nitrogen and oxygen atoms in total. The Morgan fingerprint density at radius 1 is 1.18 bits per heavy atom. The van der Waals surface area contributed by atoms with Crippen LogP contribution in [0.25, 0.3) is 0 Å². The van der Waals surface area contributed by atoms with E-state index in [-0.39, 0.29) is 48.2 Å². The van der Waals surface area contributed by atoms with Crippen LogP contribution in [0.1, 0.15) is 17.5 Å². The molecule has 2 aliphatic heterocycles. The standard InChI is InChI=1S/C26H24BrCl2N3O6S2/c1-30(2)23(34)20-11-15(33)13-31(20)26(16-6-4-5-7-21(16)38-3)17-10-14(28)8-9-19(17)32(25(26)35)40(36,37)24-18(27)12-22(29)39-24/h4-10,12,15,20,33H,11,13H2,1-3H3/t15-,20+,26?/m1/s1. The highest BCUT2D eigenvalue weighted by Crippen LogP contribution is 2.55. The summed E-state index contributed by atoms with van der Waals surface area (Å²) in [6.07, 6.45) is -0.928. The fraction of sp³-hybridized carbons (Fsp3) is 0.308. The molecule has 0 radical (unpaired) electrons. The molecular formula is C26H24BrCl2N3O6S2. The molecule has 0 saturated carbocycles. The van der Waals surface area contributed by atoms with Gasteiger partial charge < -0.3 is 14.7 Å². The second-order valence-corrected chi connectivity index (χ2v) is 14.6. The minimum atomic E-state index is -4.52. The molecule has 1 unspecified atom stereocenters. The number of carbonyl (C=O) groups is 2. The number of methoxy groups -OCH3 is 1. The minimum absolute atomic E-state index is 0.0376. The fourth-order valence-electron chi connectivity index (χ4n) is 5.52. The molecule has 212 valence electrons. The molecule has 0 bridgehead atoms. The number of thiophene rings is 1. The zero-order valence-corrected chi connectivity index (χ0v) is 26.2. The Kier molecular flexibility index (Phi) is 7.75. The number of sulfonamides is 1. The molecule has 1 saturated heterocycles. The Morgan fingerprint density at radius 3 is 2.50 bits per heavy atom. The molecule has 3 aromatic rings. The summed E-state index contributed by atoms with van der Waals surface area (Å²) in [7, 11) is 0.0797. The summed E-state index contributed by atoms with van der Waals surface area (Å²) in [6.45, 7) is -0.0948. The van der Waals surface area contributed by atoms with Gasteiger partial charge in [0.2, 0.25) is 5.91 Å². The predicted molar refractivity (Wildman–Crippen MR) is 157 cm³/mol. The van der Waals surface area contributed by atoms with E-state index in [1.54, 1.807) is 43.3 Å². The van der Waals surface area contributed by atoms with E-state index in [2.05, 4.69) is 15.9 Å². The quantitative estimate of drug-likeness (QED) is 0.411. The first-order valence-corrected chi connectivity index (χ1v) is 15.8. The third-order valence-corrected chi connectivity index (χ3v) is 12.0. The van der Waals surface area contributed by atoms with Crippen LogP contribution in [0, 0.1) is 0 Å². The third-order valence-electron chi connectivity index (χ3n) is 7.09. The molecule has 40 heavy (non-hydrogen) atoms. The number of anilines is 1. The van der Waals surface area contributed by atoms with Crippen molar-refractivity contribution in [2.75, 3.05) is 32.1 Å². The second-order valence-electron chi connectivity index (χ2n) is 9.62. The number of nitrogens with zero attached hydrogens (tertiary/aromatic N) is 3. The van der Waals surface area contributed by atoms with Crippen molar-refractivity contribution in [3.05, 3.63) is 73.5 Å². The predicted octanol–water partition coefficient (Wildman–Crippen LogP) is 4.33. The Hall–Kier alpha value is -2.19. The molecule has 5 rings (SSSR count). The van der Waals surface area contributed by atoms with Gasteiger partial charge in [0.1, 0.15) is 5.75 Å². The van der Waals surface area contributed by atoms with E-state index in [4.69, 9.17) is 27.9 Å². The molecule has 0 spiro atoms. The summed E-state index contributed by atoms with van der Waals surface area (Å²) in [5, 5.41) is 11.1. The summed E-state index contributed by atoms with van der Waals surface area (Å²) in [5.41, 5.74) is -1.30. The monoisotopic (exact) mass is 687 g/mol. The molecule has 2 aliphatic rings. The van der Waals surface area contributed by atoms with Crippen molar-refractivity contribution in [3.63, 3.8) is 0 Å². The van der Waals surface area contributed by atoms with Gasteiger partial charge >= 0.3 is 0 Å². The molecule has 1 aromatic heterocycles. The average Bonchev–Trinajstić information content (AvgIpc) is 3.54. The maximum absolute atomic E-state index is 15.0. The fourth-order valence-corrected chi connectivity index (χ4v) is 10.2. The lowest BCUT2D eigenvalue weighted by molar-refractivity contribution is -0.138. The molecule has 14 heteroatoms. The summed E-state index contributed by atoms with van der Waals surface area (Å²) < 4.78 is 35.1. The topological polar surface area (TPSA) is 107 Å². The summed E-state index contributed by atoms with van der Waals surface area (Å²) in [4.78, 5) is 31.4. The molecule has 2 amide bonds. The van der Waals surface area contributed by atoms with Crippen LogP contribution in [0.2, 0.25) is 9.36 Å². The highest BCUT2D eigenvalue weighted by Gasteiger charge is 2.64. The third kappa shape index (κ3) is 4.36. The number of halogens is 3. The highest BCUT2D eigenvalue weighted by molar-refractivity contribution is 9.10. The number of fused-ring (bicyclic) bond motifs is 1. The van der Waals surface area contributed by atoms with Crippen LogP contribution in [0.15, 0.2) is 57.2 Å². The number of para-hydroxylation sites is 1. The van der Waals surface area contributed by atoms with Gasteiger partial charge in [-0.05, 0) is 52.7 Å². The van der Waals surface area contributed by atoms with Gasteiger partial charge in [0.15, 0.2) is 9.75 Å². The molecule has 3 atom stereocenters. The first-order valence-electron chi connectivity index (χ1n) is 12.0. The molecular weight excluding hydrogens is 665 g/mol. The van der Waals surface area contributed by atoms with Crippen LogP contribution < -0.4 is 9.04 Å². The second kappa shape index (κ2) is 10.6. The Labute approximate surface area is 254 Å². The van der Waals surface area contributed by atoms with Crippen molar-refractivity contribution in [3.8, 4) is 5.75 Å². The van der Waals surface area contributed by atoms with Gasteiger partial charge in [-0.25, -0.2) is 0 Å². The molecule has 0 aliphatic carbocycles. The molecule has 1 N–H and O–H groups in total. The van der Waals surface area contributed by atoms with Crippen LogP contribution in [-0.2, 0) is 25.2 Å². The SMILES string of the molecule is COc1ccccc1C1(N2C[C@H](O)C[C@H]2C(=O)N(C)C)C(=O)N(S(=O)(=O)c2sc(Cl)cc2Br)c2ccc(Cl)cc21. The van der Waals surface area contributed by atoms with Crippen LogP contribution in [-0.4, -0.2) is 75.0 Å². The maximum Gasteiger partial charge on any atom is 0.281 e. The molecule has 2 aromatic carbocycles. The lowest BCUT2D eigenvalue weighted by Gasteiger charge is -2.42. The van der Waals surface area contributed by atoms with Gasteiger partial charge in [-0.2, -0.15) is 12.7 Å². The number of β-amino-alcohol motifs (C(OH)–C–C–N with tert-alkyl or cyclic N) is 1. The summed E-state index contributed by atoms with van der Waals surface area (Å²) in [6, 6.07) is 11.7. The lowest BCUT2D eigenvalue weighted by atomic mass is 9.80. The van der Waals surface area contributed by atoms with Crippen LogP contribution in [0.3, 0.4) is 0 Å². The maximum atomic E-state index is 15.0. The number of aliphatic hydroxyl groups is 1. The van der Waals surface area contributed by atoms with Crippen molar-refractivity contribution in [2.24, 2.45) is 0 Å². The van der Waals surface area contributed by atoms with Gasteiger partial charge in [0.25, 0.3) is 15.9 Å². The Morgan fingerprint density at radius 2 is 1.88 bits per heavy atom. The number of aliphatic hydroxyl groups excluding tert-OH is 1.